The minimum atomic E-state index is -0.251. The van der Waals surface area contributed by atoms with Gasteiger partial charge in [-0.25, -0.2) is 0 Å². The Labute approximate surface area is 201 Å². The summed E-state index contributed by atoms with van der Waals surface area (Å²) in [5.74, 6) is 1.10. The van der Waals surface area contributed by atoms with E-state index in [4.69, 9.17) is 44.6 Å². The molecule has 1 aliphatic heterocycles. The first kappa shape index (κ1) is 22.6. The Hall–Kier alpha value is -2.61. The molecule has 2 atom stereocenters. The maximum atomic E-state index is 11.6. The monoisotopic (exact) mass is 489 g/mol. The Morgan fingerprint density at radius 1 is 1.25 bits per heavy atom. The zero-order chi connectivity index (χ0) is 22.7. The van der Waals surface area contributed by atoms with Gasteiger partial charge in [0.15, 0.2) is 5.11 Å². The van der Waals surface area contributed by atoms with Crippen molar-refractivity contribution >= 4 is 46.5 Å². The first-order chi connectivity index (χ1) is 15.5. The van der Waals surface area contributed by atoms with Crippen LogP contribution in [0.15, 0.2) is 59.1 Å². The average molecular weight is 490 g/mol. The van der Waals surface area contributed by atoms with Crippen LogP contribution in [0.5, 0.6) is 0 Å². The highest BCUT2D eigenvalue weighted by atomic mass is 35.5. The van der Waals surface area contributed by atoms with Crippen molar-refractivity contribution in [3.63, 3.8) is 0 Å². The second-order valence-electron chi connectivity index (χ2n) is 7.33. The Bertz CT molecular complexity index is 1120. The number of hydrogen-bond donors (Lipinski definition) is 1. The number of thiocarbonyl (C=S) groups is 1. The van der Waals surface area contributed by atoms with Crippen molar-refractivity contribution in [3.05, 3.63) is 76.2 Å². The van der Waals surface area contributed by atoms with Crippen molar-refractivity contribution in [1.82, 2.24) is 15.2 Å². The van der Waals surface area contributed by atoms with Gasteiger partial charge >= 0.3 is 5.97 Å². The molecule has 9 heteroatoms. The van der Waals surface area contributed by atoms with Crippen LogP contribution < -0.4 is 5.32 Å². The summed E-state index contributed by atoms with van der Waals surface area (Å²) in [7, 11) is 1.39. The van der Waals surface area contributed by atoms with Crippen LogP contribution in [0.2, 0.25) is 10.0 Å². The number of furan rings is 1. The highest BCUT2D eigenvalue weighted by Crippen LogP contribution is 2.41. The van der Waals surface area contributed by atoms with Crippen molar-refractivity contribution in [2.75, 3.05) is 13.7 Å². The van der Waals surface area contributed by atoms with Crippen molar-refractivity contribution in [2.45, 2.75) is 24.9 Å². The third-order valence-electron chi connectivity index (χ3n) is 5.32. The average Bonchev–Trinajstić information content (AvgIpc) is 3.39. The number of methoxy groups -OCH3 is 1. The van der Waals surface area contributed by atoms with Crippen LogP contribution in [-0.2, 0) is 9.53 Å². The Morgan fingerprint density at radius 3 is 2.81 bits per heavy atom. The summed E-state index contributed by atoms with van der Waals surface area (Å²) in [5.41, 5.74) is 1.60. The molecule has 0 amide bonds. The molecule has 3 heterocycles. The number of nitrogens with one attached hydrogen (secondary N) is 1. The van der Waals surface area contributed by atoms with E-state index in [0.29, 0.717) is 46.1 Å². The van der Waals surface area contributed by atoms with Crippen molar-refractivity contribution in [2.24, 2.45) is 0 Å². The van der Waals surface area contributed by atoms with E-state index in [0.717, 1.165) is 11.3 Å². The molecule has 3 aromatic rings. The molecule has 1 aromatic carbocycles. The van der Waals surface area contributed by atoms with Gasteiger partial charge in [-0.3, -0.25) is 9.78 Å². The molecule has 32 heavy (non-hydrogen) atoms. The molecule has 0 radical (unpaired) electrons. The molecule has 0 bridgehead atoms. The SMILES string of the molecule is COC(=O)CCCN1C(=S)NC(c2ccccn2)C1c1ccc(-c2ccc(Cl)cc2Cl)o1. The number of carbonyl (C=O) groups is 1. The number of pyridine rings is 1. The van der Waals surface area contributed by atoms with E-state index in [1.54, 1.807) is 18.3 Å². The number of aromatic nitrogens is 1. The van der Waals surface area contributed by atoms with Crippen LogP contribution >= 0.6 is 35.4 Å². The zero-order valence-corrected chi connectivity index (χ0v) is 19.6. The largest absolute Gasteiger partial charge is 0.469 e. The molecule has 1 aliphatic rings. The molecule has 2 aromatic heterocycles. The molecular weight excluding hydrogens is 469 g/mol. The van der Waals surface area contributed by atoms with Gasteiger partial charge in [0.05, 0.1) is 23.9 Å². The lowest BCUT2D eigenvalue weighted by Gasteiger charge is -2.25. The minimum Gasteiger partial charge on any atom is -0.469 e. The van der Waals surface area contributed by atoms with Crippen molar-refractivity contribution in [3.8, 4) is 11.3 Å². The smallest absolute Gasteiger partial charge is 0.305 e. The van der Waals surface area contributed by atoms with E-state index in [-0.39, 0.29) is 18.1 Å². The molecule has 2 unspecified atom stereocenters. The fourth-order valence-corrected chi connectivity index (χ4v) is 4.63. The molecule has 4 rings (SSSR count). The minimum absolute atomic E-state index is 0.207. The molecule has 1 N–H and O–H groups in total. The van der Waals surface area contributed by atoms with Crippen LogP contribution in [0, 0.1) is 0 Å². The number of carbonyl (C=O) groups excluding carboxylic acids is 1. The molecule has 6 nitrogen and oxygen atoms in total. The molecule has 0 aliphatic carbocycles. The van der Waals surface area contributed by atoms with Crippen LogP contribution in [0.4, 0.5) is 0 Å². The predicted molar refractivity (Wildman–Crippen MR) is 128 cm³/mol. The number of esters is 1. The number of nitrogens with zero attached hydrogens (tertiary/aromatic N) is 2. The van der Waals surface area contributed by atoms with Gasteiger partial charge < -0.3 is 19.4 Å². The Morgan fingerprint density at radius 2 is 2.09 bits per heavy atom. The van der Waals surface area contributed by atoms with E-state index in [1.165, 1.54) is 7.11 Å². The summed E-state index contributed by atoms with van der Waals surface area (Å²) in [6, 6.07) is 14.4. The lowest BCUT2D eigenvalue weighted by Crippen LogP contribution is -2.30. The van der Waals surface area contributed by atoms with Crippen molar-refractivity contribution in [1.29, 1.82) is 0 Å². The summed E-state index contributed by atoms with van der Waals surface area (Å²) in [4.78, 5) is 18.1. The van der Waals surface area contributed by atoms with Gasteiger partial charge in [0.2, 0.25) is 0 Å². The molecular formula is C23H21Cl2N3O3S. The Balaban J connectivity index is 1.66. The van der Waals surface area contributed by atoms with Crippen LogP contribution in [0.1, 0.15) is 36.4 Å². The maximum Gasteiger partial charge on any atom is 0.305 e. The topological polar surface area (TPSA) is 67.6 Å². The zero-order valence-electron chi connectivity index (χ0n) is 17.3. The molecule has 166 valence electrons. The van der Waals surface area contributed by atoms with E-state index in [1.807, 2.05) is 41.3 Å². The van der Waals surface area contributed by atoms with Crippen molar-refractivity contribution < 1.29 is 13.9 Å². The standard InChI is InChI=1S/C23H21Cl2N3O3S/c1-30-20(29)6-4-12-28-22(21(27-23(28)32)17-5-2-3-11-26-17)19-10-9-18(31-19)15-8-7-14(24)13-16(15)25/h2-3,5,7-11,13,21-22H,4,6,12H2,1H3,(H,27,32). The quantitative estimate of drug-likeness (QED) is 0.343. The van der Waals surface area contributed by atoms with Gasteiger partial charge in [-0.05, 0) is 61.1 Å². The fourth-order valence-electron chi connectivity index (χ4n) is 3.80. The molecule has 0 spiro atoms. The van der Waals surface area contributed by atoms with Gasteiger partial charge in [0, 0.05) is 29.7 Å². The van der Waals surface area contributed by atoms with Gasteiger partial charge in [0.25, 0.3) is 0 Å². The maximum absolute atomic E-state index is 11.6. The second kappa shape index (κ2) is 9.90. The van der Waals surface area contributed by atoms with Gasteiger partial charge in [-0.1, -0.05) is 29.3 Å². The van der Waals surface area contributed by atoms with Crippen LogP contribution in [0.3, 0.4) is 0 Å². The molecule has 1 saturated heterocycles. The van der Waals surface area contributed by atoms with Gasteiger partial charge in [0.1, 0.15) is 17.6 Å². The lowest BCUT2D eigenvalue weighted by molar-refractivity contribution is -0.140. The van der Waals surface area contributed by atoms with E-state index < -0.39 is 0 Å². The molecule has 1 fully saturated rings. The summed E-state index contributed by atoms with van der Waals surface area (Å²) >= 11 is 18.0. The number of ether oxygens (including phenoxy) is 1. The first-order valence-electron chi connectivity index (χ1n) is 10.1. The van der Waals surface area contributed by atoms with E-state index in [2.05, 4.69) is 10.3 Å². The fraction of sp³-hybridized carbons (Fsp3) is 0.261. The third kappa shape index (κ3) is 4.75. The summed E-state index contributed by atoms with van der Waals surface area (Å²) in [5, 5.41) is 5.01. The summed E-state index contributed by atoms with van der Waals surface area (Å²) < 4.78 is 11.0. The third-order valence-corrected chi connectivity index (χ3v) is 6.22. The number of benzene rings is 1. The highest BCUT2D eigenvalue weighted by Gasteiger charge is 2.41. The van der Waals surface area contributed by atoms with E-state index in [9.17, 15) is 4.79 Å². The first-order valence-corrected chi connectivity index (χ1v) is 11.2. The van der Waals surface area contributed by atoms with Crippen LogP contribution in [-0.4, -0.2) is 34.6 Å². The predicted octanol–water partition coefficient (Wildman–Crippen LogP) is 5.57. The second-order valence-corrected chi connectivity index (χ2v) is 8.56. The van der Waals surface area contributed by atoms with Gasteiger partial charge in [-0.2, -0.15) is 0 Å². The van der Waals surface area contributed by atoms with E-state index >= 15 is 0 Å². The Kier molecular flexibility index (Phi) is 6.98. The van der Waals surface area contributed by atoms with Gasteiger partial charge in [-0.15, -0.1) is 0 Å². The summed E-state index contributed by atoms with van der Waals surface area (Å²) in [6.45, 7) is 0.562. The number of hydrogen-bond acceptors (Lipinski definition) is 5. The summed E-state index contributed by atoms with van der Waals surface area (Å²) in [6.07, 6.45) is 2.65. The molecule has 0 saturated carbocycles. The van der Waals surface area contributed by atoms with Crippen LogP contribution in [0.25, 0.3) is 11.3 Å². The highest BCUT2D eigenvalue weighted by molar-refractivity contribution is 7.80. The lowest BCUT2D eigenvalue weighted by atomic mass is 10.0. The number of halogens is 2. The number of rotatable bonds is 7. The normalized spacial score (nSPS) is 18.0.